The first-order valence-electron chi connectivity index (χ1n) is 5.84. The van der Waals surface area contributed by atoms with Gasteiger partial charge in [-0.15, -0.1) is 11.3 Å². The molecule has 0 bridgehead atoms. The van der Waals surface area contributed by atoms with Crippen molar-refractivity contribution in [3.05, 3.63) is 16.6 Å². The zero-order valence-corrected chi connectivity index (χ0v) is 11.6. The van der Waals surface area contributed by atoms with Crippen molar-refractivity contribution in [2.24, 2.45) is 0 Å². The second-order valence-corrected chi connectivity index (χ2v) is 5.60. The molecule has 0 aliphatic carbocycles. The first-order chi connectivity index (χ1) is 7.53. The van der Waals surface area contributed by atoms with Crippen LogP contribution >= 0.6 is 11.3 Å². The van der Waals surface area contributed by atoms with Gasteiger partial charge < -0.3 is 5.32 Å². The molecule has 0 saturated heterocycles. The van der Waals surface area contributed by atoms with Crippen LogP contribution in [0.2, 0.25) is 0 Å². The Morgan fingerprint density at radius 1 is 1.50 bits per heavy atom. The topological polar surface area (TPSA) is 28.2 Å². The Morgan fingerprint density at radius 3 is 2.81 bits per heavy atom. The minimum absolute atomic E-state index is 0.251. The second kappa shape index (κ2) is 6.33. The lowest BCUT2D eigenvalue weighted by Crippen LogP contribution is -2.42. The van der Waals surface area contributed by atoms with Crippen LogP contribution in [0.25, 0.3) is 0 Å². The number of nitrogens with zero attached hydrogens (tertiary/aromatic N) is 2. The summed E-state index contributed by atoms with van der Waals surface area (Å²) in [4.78, 5) is 6.59. The molecule has 0 aromatic carbocycles. The standard InChI is InChI=1S/C12H23N3S/c1-5-12(2,3)14-6-7-15(4)8-11-9-16-10-13-11/h9-10,14H,5-8H2,1-4H3. The first kappa shape index (κ1) is 13.6. The Kier molecular flexibility index (Phi) is 5.38. The van der Waals surface area contributed by atoms with E-state index in [-0.39, 0.29) is 5.54 Å². The Bertz CT molecular complexity index is 282. The van der Waals surface area contributed by atoms with Gasteiger partial charge in [-0.1, -0.05) is 6.92 Å². The average Bonchev–Trinajstić information content (AvgIpc) is 2.70. The van der Waals surface area contributed by atoms with Crippen molar-refractivity contribution in [3.63, 3.8) is 0 Å². The SMILES string of the molecule is CCC(C)(C)NCCN(C)Cc1cscn1. The minimum atomic E-state index is 0.251. The zero-order valence-electron chi connectivity index (χ0n) is 10.8. The zero-order chi connectivity index (χ0) is 12.0. The van der Waals surface area contributed by atoms with Crippen LogP contribution in [0.5, 0.6) is 0 Å². The summed E-state index contributed by atoms with van der Waals surface area (Å²) in [5, 5.41) is 5.67. The quantitative estimate of drug-likeness (QED) is 0.794. The number of likely N-dealkylation sites (N-methyl/N-ethyl adjacent to an activating group) is 1. The van der Waals surface area contributed by atoms with E-state index in [0.717, 1.165) is 26.1 Å². The molecule has 1 heterocycles. The molecular formula is C12H23N3S. The minimum Gasteiger partial charge on any atom is -0.311 e. The van der Waals surface area contributed by atoms with Gasteiger partial charge in [0.05, 0.1) is 11.2 Å². The van der Waals surface area contributed by atoms with Crippen LogP contribution in [0.15, 0.2) is 10.9 Å². The Hall–Kier alpha value is -0.450. The van der Waals surface area contributed by atoms with Crippen molar-refractivity contribution in [2.45, 2.75) is 39.3 Å². The number of hydrogen-bond donors (Lipinski definition) is 1. The van der Waals surface area contributed by atoms with E-state index in [1.807, 2.05) is 5.51 Å². The number of hydrogen-bond acceptors (Lipinski definition) is 4. The van der Waals surface area contributed by atoms with Gasteiger partial charge >= 0.3 is 0 Å². The molecular weight excluding hydrogens is 218 g/mol. The van der Waals surface area contributed by atoms with Gasteiger partial charge in [0.25, 0.3) is 0 Å². The smallest absolute Gasteiger partial charge is 0.0795 e. The Balaban J connectivity index is 2.18. The van der Waals surface area contributed by atoms with Gasteiger partial charge in [0, 0.05) is 30.6 Å². The van der Waals surface area contributed by atoms with Crippen LogP contribution < -0.4 is 5.32 Å². The summed E-state index contributed by atoms with van der Waals surface area (Å²) in [5.74, 6) is 0. The third-order valence-corrected chi connectivity index (χ3v) is 3.53. The largest absolute Gasteiger partial charge is 0.311 e. The van der Waals surface area contributed by atoms with Crippen molar-refractivity contribution in [1.29, 1.82) is 0 Å². The maximum atomic E-state index is 4.29. The van der Waals surface area contributed by atoms with Gasteiger partial charge in [-0.05, 0) is 27.3 Å². The maximum Gasteiger partial charge on any atom is 0.0795 e. The fourth-order valence-corrected chi connectivity index (χ4v) is 1.93. The highest BCUT2D eigenvalue weighted by molar-refractivity contribution is 7.07. The summed E-state index contributed by atoms with van der Waals surface area (Å²) >= 11 is 1.66. The molecule has 0 spiro atoms. The highest BCUT2D eigenvalue weighted by Crippen LogP contribution is 2.06. The lowest BCUT2D eigenvalue weighted by atomic mass is 10.0. The number of aromatic nitrogens is 1. The fraction of sp³-hybridized carbons (Fsp3) is 0.750. The van der Waals surface area contributed by atoms with Crippen LogP contribution in [-0.4, -0.2) is 35.6 Å². The lowest BCUT2D eigenvalue weighted by molar-refractivity contribution is 0.291. The van der Waals surface area contributed by atoms with E-state index in [1.165, 1.54) is 5.69 Å². The average molecular weight is 241 g/mol. The van der Waals surface area contributed by atoms with E-state index in [4.69, 9.17) is 0 Å². The molecule has 1 N–H and O–H groups in total. The normalized spacial score (nSPS) is 12.3. The fourth-order valence-electron chi connectivity index (χ4n) is 1.38. The van der Waals surface area contributed by atoms with Crippen LogP contribution in [-0.2, 0) is 6.54 Å². The summed E-state index contributed by atoms with van der Waals surface area (Å²) in [6, 6.07) is 0. The van der Waals surface area contributed by atoms with Gasteiger partial charge in [0.15, 0.2) is 0 Å². The molecule has 0 atom stereocenters. The van der Waals surface area contributed by atoms with E-state index in [9.17, 15) is 0 Å². The molecule has 0 aliphatic rings. The van der Waals surface area contributed by atoms with Crippen LogP contribution in [0.3, 0.4) is 0 Å². The number of rotatable bonds is 7. The summed E-state index contributed by atoms with van der Waals surface area (Å²) < 4.78 is 0. The molecule has 0 radical (unpaired) electrons. The van der Waals surface area contributed by atoms with E-state index < -0.39 is 0 Å². The van der Waals surface area contributed by atoms with E-state index in [2.05, 4.69) is 48.4 Å². The molecule has 1 rings (SSSR count). The summed E-state index contributed by atoms with van der Waals surface area (Å²) in [6.07, 6.45) is 1.16. The van der Waals surface area contributed by atoms with E-state index in [1.54, 1.807) is 11.3 Å². The molecule has 92 valence electrons. The van der Waals surface area contributed by atoms with Crippen LogP contribution in [0, 0.1) is 0 Å². The highest BCUT2D eigenvalue weighted by atomic mass is 32.1. The van der Waals surface area contributed by atoms with Gasteiger partial charge in [-0.2, -0.15) is 0 Å². The van der Waals surface area contributed by atoms with Gasteiger partial charge in [-0.3, -0.25) is 4.90 Å². The van der Waals surface area contributed by atoms with Crippen molar-refractivity contribution < 1.29 is 0 Å². The number of nitrogens with one attached hydrogen (secondary N) is 1. The number of thiazole rings is 1. The first-order valence-corrected chi connectivity index (χ1v) is 6.78. The molecule has 4 heteroatoms. The molecule has 0 fully saturated rings. The summed E-state index contributed by atoms with van der Waals surface area (Å²) in [6.45, 7) is 9.73. The molecule has 0 unspecified atom stereocenters. The van der Waals surface area contributed by atoms with Crippen LogP contribution in [0.4, 0.5) is 0 Å². The molecule has 1 aromatic rings. The van der Waals surface area contributed by atoms with Crippen molar-refractivity contribution in [1.82, 2.24) is 15.2 Å². The molecule has 3 nitrogen and oxygen atoms in total. The Morgan fingerprint density at radius 2 is 2.25 bits per heavy atom. The van der Waals surface area contributed by atoms with Gasteiger partial charge in [0.2, 0.25) is 0 Å². The summed E-state index contributed by atoms with van der Waals surface area (Å²) in [5.41, 5.74) is 3.31. The van der Waals surface area contributed by atoms with E-state index in [0.29, 0.717) is 0 Å². The van der Waals surface area contributed by atoms with Crippen molar-refractivity contribution in [3.8, 4) is 0 Å². The van der Waals surface area contributed by atoms with Gasteiger partial charge in [-0.25, -0.2) is 4.98 Å². The van der Waals surface area contributed by atoms with Crippen molar-refractivity contribution >= 4 is 11.3 Å². The predicted octanol–water partition coefficient (Wildman–Crippen LogP) is 2.35. The maximum absolute atomic E-state index is 4.29. The molecule has 1 aromatic heterocycles. The van der Waals surface area contributed by atoms with Crippen molar-refractivity contribution in [2.75, 3.05) is 20.1 Å². The molecule has 0 amide bonds. The molecule has 16 heavy (non-hydrogen) atoms. The Labute approximate surface area is 103 Å². The molecule has 0 aliphatic heterocycles. The van der Waals surface area contributed by atoms with Crippen LogP contribution in [0.1, 0.15) is 32.9 Å². The summed E-state index contributed by atoms with van der Waals surface area (Å²) in [7, 11) is 2.14. The monoisotopic (exact) mass is 241 g/mol. The third kappa shape index (κ3) is 5.05. The highest BCUT2D eigenvalue weighted by Gasteiger charge is 2.13. The second-order valence-electron chi connectivity index (χ2n) is 4.88. The van der Waals surface area contributed by atoms with Gasteiger partial charge in [0.1, 0.15) is 0 Å². The molecule has 0 saturated carbocycles. The third-order valence-electron chi connectivity index (χ3n) is 2.90. The van der Waals surface area contributed by atoms with E-state index >= 15 is 0 Å². The lowest BCUT2D eigenvalue weighted by Gasteiger charge is -2.26. The predicted molar refractivity (Wildman–Crippen MR) is 70.8 cm³/mol.